The zero-order chi connectivity index (χ0) is 12.8. The van der Waals surface area contributed by atoms with Gasteiger partial charge in [-0.2, -0.15) is 0 Å². The molecule has 2 aliphatic rings. The van der Waals surface area contributed by atoms with Gasteiger partial charge in [-0.15, -0.1) is 0 Å². The van der Waals surface area contributed by atoms with Crippen molar-refractivity contribution in [1.82, 2.24) is 4.98 Å². The van der Waals surface area contributed by atoms with Crippen LogP contribution in [-0.2, 0) is 0 Å². The molecule has 0 aliphatic carbocycles. The molecule has 4 rings (SSSR count). The summed E-state index contributed by atoms with van der Waals surface area (Å²) in [5, 5.41) is 2.22. The highest BCUT2D eigenvalue weighted by Crippen LogP contribution is 2.38. The third-order valence-corrected chi connectivity index (χ3v) is 3.76. The Labute approximate surface area is 110 Å². The second-order valence-electron chi connectivity index (χ2n) is 5.06. The van der Waals surface area contributed by atoms with Gasteiger partial charge in [-0.05, 0) is 30.0 Å². The van der Waals surface area contributed by atoms with Crippen LogP contribution in [0.4, 0.5) is 5.82 Å². The van der Waals surface area contributed by atoms with Gasteiger partial charge in [0.25, 0.3) is 0 Å². The summed E-state index contributed by atoms with van der Waals surface area (Å²) in [6.45, 7) is 2.12. The molecule has 0 radical (unpaired) electrons. The Kier molecular flexibility index (Phi) is 2.29. The van der Waals surface area contributed by atoms with Gasteiger partial charge in [0.15, 0.2) is 11.5 Å². The number of nitrogens with zero attached hydrogens (tertiary/aromatic N) is 2. The maximum atomic E-state index is 5.98. The fourth-order valence-corrected chi connectivity index (χ4v) is 2.78. The van der Waals surface area contributed by atoms with E-state index in [9.17, 15) is 0 Å². The Hall–Kier alpha value is -2.01. The zero-order valence-electron chi connectivity index (χ0n) is 10.5. The smallest absolute Gasteiger partial charge is 0.231 e. The molecule has 1 aromatic heterocycles. The van der Waals surface area contributed by atoms with Crippen molar-refractivity contribution in [2.75, 3.05) is 24.8 Å². The molecule has 2 aliphatic heterocycles. The Morgan fingerprint density at radius 2 is 2.11 bits per heavy atom. The lowest BCUT2D eigenvalue weighted by Gasteiger charge is -2.18. The highest BCUT2D eigenvalue weighted by Gasteiger charge is 2.23. The Bertz CT molecular complexity index is 644. The van der Waals surface area contributed by atoms with Crippen LogP contribution in [0.5, 0.6) is 11.5 Å². The Morgan fingerprint density at radius 3 is 2.89 bits per heavy atom. The van der Waals surface area contributed by atoms with E-state index in [2.05, 4.69) is 9.88 Å². The maximum Gasteiger partial charge on any atom is 0.231 e. The summed E-state index contributed by atoms with van der Waals surface area (Å²) in [6.07, 6.45) is 2.85. The molecule has 2 N–H and O–H groups in total. The standard InChI is InChI=1S/C14H15N3O2/c15-10-2-4-17(7-10)14-11-6-13-12(18-8-19-13)5-9(11)1-3-16-14/h1,3,5-6,10H,2,4,7-8,15H2. The fraction of sp³-hybridized carbons (Fsp3) is 0.357. The maximum absolute atomic E-state index is 5.98. The third-order valence-electron chi connectivity index (χ3n) is 3.76. The van der Waals surface area contributed by atoms with Crippen LogP contribution in [0.1, 0.15) is 6.42 Å². The normalized spacial score (nSPS) is 21.3. The summed E-state index contributed by atoms with van der Waals surface area (Å²) in [4.78, 5) is 6.77. The summed E-state index contributed by atoms with van der Waals surface area (Å²) in [5.74, 6) is 2.59. The second-order valence-corrected chi connectivity index (χ2v) is 5.06. The van der Waals surface area contributed by atoms with E-state index in [-0.39, 0.29) is 6.04 Å². The molecular weight excluding hydrogens is 242 g/mol. The first-order valence-corrected chi connectivity index (χ1v) is 6.50. The van der Waals surface area contributed by atoms with Gasteiger partial charge in [-0.1, -0.05) is 0 Å². The van der Waals surface area contributed by atoms with E-state index in [0.717, 1.165) is 47.6 Å². The van der Waals surface area contributed by atoms with Crippen LogP contribution < -0.4 is 20.1 Å². The lowest BCUT2D eigenvalue weighted by atomic mass is 10.1. The van der Waals surface area contributed by atoms with Gasteiger partial charge in [0.1, 0.15) is 5.82 Å². The second kappa shape index (κ2) is 3.99. The van der Waals surface area contributed by atoms with Crippen molar-refractivity contribution < 1.29 is 9.47 Å². The molecular formula is C14H15N3O2. The Balaban J connectivity index is 1.86. The van der Waals surface area contributed by atoms with E-state index >= 15 is 0 Å². The zero-order valence-corrected chi connectivity index (χ0v) is 10.5. The molecule has 0 bridgehead atoms. The molecule has 2 aromatic rings. The van der Waals surface area contributed by atoms with Gasteiger partial charge in [0.05, 0.1) is 0 Å². The lowest BCUT2D eigenvalue weighted by molar-refractivity contribution is 0.174. The molecule has 0 saturated carbocycles. The van der Waals surface area contributed by atoms with Crippen molar-refractivity contribution >= 4 is 16.6 Å². The molecule has 0 amide bonds. The van der Waals surface area contributed by atoms with Crippen LogP contribution in [-0.4, -0.2) is 30.9 Å². The van der Waals surface area contributed by atoms with Crippen LogP contribution in [0.3, 0.4) is 0 Å². The quantitative estimate of drug-likeness (QED) is 0.839. The molecule has 1 fully saturated rings. The first kappa shape index (κ1) is 10.9. The number of anilines is 1. The number of benzene rings is 1. The van der Waals surface area contributed by atoms with E-state index in [1.54, 1.807) is 0 Å². The number of hydrogen-bond acceptors (Lipinski definition) is 5. The molecule has 3 heterocycles. The molecule has 1 atom stereocenters. The highest BCUT2D eigenvalue weighted by atomic mass is 16.7. The first-order chi connectivity index (χ1) is 9.31. The number of aromatic nitrogens is 1. The topological polar surface area (TPSA) is 60.6 Å². The fourth-order valence-electron chi connectivity index (χ4n) is 2.78. The van der Waals surface area contributed by atoms with Crippen LogP contribution in [0, 0.1) is 0 Å². The molecule has 19 heavy (non-hydrogen) atoms. The van der Waals surface area contributed by atoms with Crippen molar-refractivity contribution in [2.45, 2.75) is 12.5 Å². The summed E-state index contributed by atoms with van der Waals surface area (Å²) in [6, 6.07) is 6.27. The number of pyridine rings is 1. The van der Waals surface area contributed by atoms with Crippen LogP contribution in [0.25, 0.3) is 10.8 Å². The number of fused-ring (bicyclic) bond motifs is 2. The summed E-state index contributed by atoms with van der Waals surface area (Å²) in [7, 11) is 0. The summed E-state index contributed by atoms with van der Waals surface area (Å²) < 4.78 is 10.9. The summed E-state index contributed by atoms with van der Waals surface area (Å²) >= 11 is 0. The molecule has 98 valence electrons. The summed E-state index contributed by atoms with van der Waals surface area (Å²) in [5.41, 5.74) is 5.98. The van der Waals surface area contributed by atoms with Gasteiger partial charge in [-0.25, -0.2) is 4.98 Å². The average Bonchev–Trinajstić information content (AvgIpc) is 3.03. The minimum atomic E-state index is 0.242. The Morgan fingerprint density at radius 1 is 1.26 bits per heavy atom. The van der Waals surface area contributed by atoms with Crippen molar-refractivity contribution in [3.05, 3.63) is 24.4 Å². The van der Waals surface area contributed by atoms with E-state index in [4.69, 9.17) is 15.2 Å². The van der Waals surface area contributed by atoms with Crippen molar-refractivity contribution in [2.24, 2.45) is 5.73 Å². The third kappa shape index (κ3) is 1.69. The van der Waals surface area contributed by atoms with Crippen molar-refractivity contribution in [3.8, 4) is 11.5 Å². The number of rotatable bonds is 1. The molecule has 5 nitrogen and oxygen atoms in total. The number of ether oxygens (including phenoxy) is 2. The van der Waals surface area contributed by atoms with Crippen LogP contribution in [0.2, 0.25) is 0 Å². The molecule has 0 spiro atoms. The predicted octanol–water partition coefficient (Wildman–Crippen LogP) is 1.50. The number of hydrogen-bond donors (Lipinski definition) is 1. The van der Waals surface area contributed by atoms with Crippen LogP contribution in [0.15, 0.2) is 24.4 Å². The van der Waals surface area contributed by atoms with Gasteiger partial charge in [-0.3, -0.25) is 0 Å². The van der Waals surface area contributed by atoms with Gasteiger partial charge in [0.2, 0.25) is 6.79 Å². The number of nitrogens with two attached hydrogens (primary N) is 1. The predicted molar refractivity (Wildman–Crippen MR) is 72.7 cm³/mol. The SMILES string of the molecule is NC1CCN(c2nccc3cc4c(cc23)OCO4)C1. The first-order valence-electron chi connectivity index (χ1n) is 6.50. The van der Waals surface area contributed by atoms with Crippen molar-refractivity contribution in [1.29, 1.82) is 0 Å². The largest absolute Gasteiger partial charge is 0.454 e. The minimum absolute atomic E-state index is 0.242. The van der Waals surface area contributed by atoms with E-state index in [1.165, 1.54) is 0 Å². The highest BCUT2D eigenvalue weighted by molar-refractivity contribution is 5.94. The van der Waals surface area contributed by atoms with Crippen molar-refractivity contribution in [3.63, 3.8) is 0 Å². The molecule has 1 unspecified atom stereocenters. The molecule has 1 saturated heterocycles. The van der Waals surface area contributed by atoms with E-state index in [0.29, 0.717) is 6.79 Å². The van der Waals surface area contributed by atoms with E-state index in [1.807, 2.05) is 24.4 Å². The van der Waals surface area contributed by atoms with Gasteiger partial charge < -0.3 is 20.1 Å². The lowest BCUT2D eigenvalue weighted by Crippen LogP contribution is -2.26. The van der Waals surface area contributed by atoms with E-state index < -0.39 is 0 Å². The minimum Gasteiger partial charge on any atom is -0.454 e. The van der Waals surface area contributed by atoms with Gasteiger partial charge >= 0.3 is 0 Å². The van der Waals surface area contributed by atoms with Gasteiger partial charge in [0, 0.05) is 30.7 Å². The van der Waals surface area contributed by atoms with Crippen LogP contribution >= 0.6 is 0 Å². The molecule has 5 heteroatoms. The monoisotopic (exact) mass is 257 g/mol. The molecule has 1 aromatic carbocycles. The average molecular weight is 257 g/mol.